The number of hydrogen-bond donors (Lipinski definition) is 1. The number of carbonyl (C=O) groups is 2. The van der Waals surface area contributed by atoms with Crippen LogP contribution in [-0.4, -0.2) is 29.8 Å². The van der Waals surface area contributed by atoms with Crippen LogP contribution in [0.5, 0.6) is 0 Å². The summed E-state index contributed by atoms with van der Waals surface area (Å²) >= 11 is 3.60. The Hall–Kier alpha value is -1.36. The van der Waals surface area contributed by atoms with Crippen molar-refractivity contribution in [2.45, 2.75) is 19.3 Å². The molecule has 0 atom stereocenters. The molecule has 3 rings (SSSR count). The molecule has 2 heterocycles. The maximum absolute atomic E-state index is 12.0. The van der Waals surface area contributed by atoms with Gasteiger partial charge in [-0.3, -0.25) is 9.59 Å². The first kappa shape index (κ1) is 11.7. The van der Waals surface area contributed by atoms with Crippen LogP contribution < -0.4 is 5.32 Å². The molecular weight excluding hydrogens is 296 g/mol. The summed E-state index contributed by atoms with van der Waals surface area (Å²) in [6, 6.07) is 0. The van der Waals surface area contributed by atoms with Crippen molar-refractivity contribution in [3.8, 4) is 0 Å². The van der Waals surface area contributed by atoms with Gasteiger partial charge in [0.15, 0.2) is 0 Å². The van der Waals surface area contributed by atoms with Crippen molar-refractivity contribution in [3.05, 3.63) is 33.5 Å². The van der Waals surface area contributed by atoms with E-state index in [1.165, 1.54) is 10.1 Å². The molecule has 0 unspecified atom stereocenters. The molecule has 0 bridgehead atoms. The number of nitrogens with one attached hydrogen (secondary N) is 1. The summed E-state index contributed by atoms with van der Waals surface area (Å²) in [6.45, 7) is 0.744. The van der Waals surface area contributed by atoms with Gasteiger partial charge in [0.25, 0.3) is 0 Å². The highest BCUT2D eigenvalue weighted by Crippen LogP contribution is 2.40. The van der Waals surface area contributed by atoms with E-state index >= 15 is 0 Å². The lowest BCUT2D eigenvalue weighted by atomic mass is 9.88. The predicted molar refractivity (Wildman–Crippen MR) is 70.7 cm³/mol. The van der Waals surface area contributed by atoms with Crippen molar-refractivity contribution in [2.24, 2.45) is 0 Å². The molecule has 3 aliphatic rings. The Bertz CT molecular complexity index is 531. The Morgan fingerprint density at radius 1 is 1.28 bits per heavy atom. The van der Waals surface area contributed by atoms with Crippen molar-refractivity contribution in [2.75, 3.05) is 13.1 Å². The topological polar surface area (TPSA) is 49.4 Å². The molecular formula is C13H13BrN2O2. The summed E-state index contributed by atoms with van der Waals surface area (Å²) in [6.07, 6.45) is 6.47. The van der Waals surface area contributed by atoms with Gasteiger partial charge in [-0.25, -0.2) is 0 Å². The highest BCUT2D eigenvalue weighted by atomic mass is 79.9. The van der Waals surface area contributed by atoms with E-state index in [9.17, 15) is 9.59 Å². The summed E-state index contributed by atoms with van der Waals surface area (Å²) in [5, 5.41) is 2.60. The smallest absolute Gasteiger partial charge is 0.246 e. The SMILES string of the molecule is O=C1C=C2C3=CCCC(Br)=C3CCN2C(=O)CN1. The van der Waals surface area contributed by atoms with Crippen LogP contribution >= 0.6 is 15.9 Å². The minimum atomic E-state index is -0.190. The van der Waals surface area contributed by atoms with E-state index in [1.54, 1.807) is 11.0 Å². The van der Waals surface area contributed by atoms with Crippen LogP contribution in [0.4, 0.5) is 0 Å². The fraction of sp³-hybridized carbons (Fsp3) is 0.385. The van der Waals surface area contributed by atoms with Crippen LogP contribution in [0.3, 0.4) is 0 Å². The maximum atomic E-state index is 12.0. The molecule has 5 heteroatoms. The van der Waals surface area contributed by atoms with Crippen LogP contribution in [0.1, 0.15) is 19.3 Å². The number of amides is 2. The van der Waals surface area contributed by atoms with Gasteiger partial charge < -0.3 is 10.2 Å². The number of nitrogens with zero attached hydrogens (tertiary/aromatic N) is 1. The fourth-order valence-corrected chi connectivity index (χ4v) is 3.27. The molecule has 0 aromatic rings. The molecule has 18 heavy (non-hydrogen) atoms. The average molecular weight is 309 g/mol. The number of piperidine rings is 1. The van der Waals surface area contributed by atoms with Crippen molar-refractivity contribution in [3.63, 3.8) is 0 Å². The molecule has 4 nitrogen and oxygen atoms in total. The van der Waals surface area contributed by atoms with E-state index in [0.29, 0.717) is 6.54 Å². The van der Waals surface area contributed by atoms with E-state index in [1.807, 2.05) is 0 Å². The normalized spacial score (nSPS) is 23.7. The molecule has 94 valence electrons. The van der Waals surface area contributed by atoms with Gasteiger partial charge in [-0.05, 0) is 34.9 Å². The first-order valence-electron chi connectivity index (χ1n) is 6.05. The first-order valence-corrected chi connectivity index (χ1v) is 6.84. The van der Waals surface area contributed by atoms with Crippen LogP contribution in [0.2, 0.25) is 0 Å². The zero-order valence-corrected chi connectivity index (χ0v) is 11.4. The Kier molecular flexibility index (Phi) is 2.86. The first-order chi connectivity index (χ1) is 8.66. The summed E-state index contributed by atoms with van der Waals surface area (Å²) in [5.74, 6) is -0.224. The summed E-state index contributed by atoms with van der Waals surface area (Å²) < 4.78 is 1.21. The third kappa shape index (κ3) is 1.82. The highest BCUT2D eigenvalue weighted by Gasteiger charge is 2.32. The molecule has 2 amide bonds. The molecule has 1 saturated heterocycles. The Morgan fingerprint density at radius 2 is 2.11 bits per heavy atom. The third-order valence-electron chi connectivity index (χ3n) is 3.50. The third-order valence-corrected chi connectivity index (χ3v) is 4.37. The lowest BCUT2D eigenvalue weighted by Gasteiger charge is -2.34. The lowest BCUT2D eigenvalue weighted by molar-refractivity contribution is -0.129. The monoisotopic (exact) mass is 308 g/mol. The predicted octanol–water partition coefficient (Wildman–Crippen LogP) is 1.60. The Morgan fingerprint density at radius 3 is 2.94 bits per heavy atom. The van der Waals surface area contributed by atoms with E-state index in [4.69, 9.17) is 0 Å². The minimum Gasteiger partial charge on any atom is -0.343 e. The number of allylic oxidation sites excluding steroid dienone is 3. The molecule has 1 aliphatic carbocycles. The van der Waals surface area contributed by atoms with Gasteiger partial charge in [0.2, 0.25) is 11.8 Å². The van der Waals surface area contributed by atoms with Gasteiger partial charge in [0, 0.05) is 12.6 Å². The maximum Gasteiger partial charge on any atom is 0.246 e. The number of rotatable bonds is 0. The average Bonchev–Trinajstić information content (AvgIpc) is 2.50. The van der Waals surface area contributed by atoms with Gasteiger partial charge in [0.1, 0.15) is 0 Å². The summed E-state index contributed by atoms with van der Waals surface area (Å²) in [7, 11) is 0. The van der Waals surface area contributed by atoms with E-state index in [0.717, 1.165) is 30.5 Å². The van der Waals surface area contributed by atoms with Crippen molar-refractivity contribution < 1.29 is 9.59 Å². The number of carbonyl (C=O) groups excluding carboxylic acids is 2. The molecule has 1 N–H and O–H groups in total. The second-order valence-corrected chi connectivity index (χ2v) is 5.54. The van der Waals surface area contributed by atoms with Gasteiger partial charge in [-0.1, -0.05) is 22.0 Å². The molecule has 1 fully saturated rings. The second kappa shape index (κ2) is 4.39. The molecule has 0 spiro atoms. The molecule has 0 aromatic carbocycles. The molecule has 2 aliphatic heterocycles. The number of hydrogen-bond acceptors (Lipinski definition) is 2. The zero-order valence-electron chi connectivity index (χ0n) is 9.83. The number of fused-ring (bicyclic) bond motifs is 3. The fourth-order valence-electron chi connectivity index (χ4n) is 2.63. The minimum absolute atomic E-state index is 0.0336. The van der Waals surface area contributed by atoms with E-state index in [-0.39, 0.29) is 18.4 Å². The van der Waals surface area contributed by atoms with Crippen LogP contribution in [-0.2, 0) is 9.59 Å². The Labute approximate surface area is 114 Å². The van der Waals surface area contributed by atoms with Gasteiger partial charge in [-0.2, -0.15) is 0 Å². The quantitative estimate of drug-likeness (QED) is 0.739. The summed E-state index contributed by atoms with van der Waals surface area (Å²) in [4.78, 5) is 25.3. The van der Waals surface area contributed by atoms with Crippen LogP contribution in [0.15, 0.2) is 33.5 Å². The lowest BCUT2D eigenvalue weighted by Crippen LogP contribution is -2.39. The molecule has 0 radical (unpaired) electrons. The van der Waals surface area contributed by atoms with Gasteiger partial charge in [0.05, 0.1) is 12.2 Å². The zero-order chi connectivity index (χ0) is 12.7. The largest absolute Gasteiger partial charge is 0.343 e. The van der Waals surface area contributed by atoms with Gasteiger partial charge >= 0.3 is 0 Å². The molecule has 0 aromatic heterocycles. The van der Waals surface area contributed by atoms with E-state index in [2.05, 4.69) is 27.3 Å². The van der Waals surface area contributed by atoms with Crippen LogP contribution in [0, 0.1) is 0 Å². The van der Waals surface area contributed by atoms with Crippen molar-refractivity contribution >= 4 is 27.7 Å². The van der Waals surface area contributed by atoms with Crippen LogP contribution in [0.25, 0.3) is 0 Å². The van der Waals surface area contributed by atoms with Gasteiger partial charge in [-0.15, -0.1) is 0 Å². The summed E-state index contributed by atoms with van der Waals surface area (Å²) in [5.41, 5.74) is 3.05. The van der Waals surface area contributed by atoms with Crippen molar-refractivity contribution in [1.82, 2.24) is 10.2 Å². The number of halogens is 1. The van der Waals surface area contributed by atoms with E-state index < -0.39 is 0 Å². The second-order valence-electron chi connectivity index (χ2n) is 4.58. The molecule has 0 saturated carbocycles. The Balaban J connectivity index is 2.09. The highest BCUT2D eigenvalue weighted by molar-refractivity contribution is 9.11. The van der Waals surface area contributed by atoms with Crippen molar-refractivity contribution in [1.29, 1.82) is 0 Å². The standard InChI is InChI=1S/C13H13BrN2O2/c14-10-3-1-2-9-8(10)4-5-16-11(9)6-12(17)15-7-13(16)18/h2,6H,1,3-5,7H2,(H,15,17).